The van der Waals surface area contributed by atoms with Crippen LogP contribution in [0.5, 0.6) is 5.75 Å². The molecule has 0 aliphatic carbocycles. The predicted molar refractivity (Wildman–Crippen MR) is 107 cm³/mol. The monoisotopic (exact) mass is 379 g/mol. The van der Waals surface area contributed by atoms with Crippen LogP contribution >= 0.6 is 0 Å². The Labute approximate surface area is 164 Å². The molecule has 28 heavy (non-hydrogen) atoms. The molecule has 2 aliphatic rings. The van der Waals surface area contributed by atoms with E-state index in [-0.39, 0.29) is 11.8 Å². The van der Waals surface area contributed by atoms with Crippen molar-refractivity contribution in [3.8, 4) is 5.75 Å². The highest BCUT2D eigenvalue weighted by atomic mass is 16.5. The van der Waals surface area contributed by atoms with E-state index in [0.717, 1.165) is 23.4 Å². The number of nitrogens with zero attached hydrogens (tertiary/aromatic N) is 1. The van der Waals surface area contributed by atoms with Crippen molar-refractivity contribution in [2.45, 2.75) is 31.4 Å². The molecule has 0 radical (unpaired) electrons. The van der Waals surface area contributed by atoms with Crippen molar-refractivity contribution in [1.29, 1.82) is 0 Å². The van der Waals surface area contributed by atoms with Crippen molar-refractivity contribution < 1.29 is 14.3 Å². The minimum Gasteiger partial charge on any atom is -0.468 e. The number of amides is 2. The zero-order chi connectivity index (χ0) is 19.7. The van der Waals surface area contributed by atoms with Gasteiger partial charge in [-0.15, -0.1) is 0 Å². The lowest BCUT2D eigenvalue weighted by Crippen LogP contribution is -2.64. The summed E-state index contributed by atoms with van der Waals surface area (Å²) in [6.45, 7) is 3.13. The predicted octanol–water partition coefficient (Wildman–Crippen LogP) is 2.71. The fourth-order valence-corrected chi connectivity index (χ4v) is 4.40. The summed E-state index contributed by atoms with van der Waals surface area (Å²) in [5.74, 6) is -1.16. The van der Waals surface area contributed by atoms with E-state index in [1.165, 1.54) is 0 Å². The van der Waals surface area contributed by atoms with E-state index in [4.69, 9.17) is 10.5 Å². The number of para-hydroxylation sites is 2. The Morgan fingerprint density at radius 1 is 1.21 bits per heavy atom. The number of piperidine rings is 1. The van der Waals surface area contributed by atoms with Crippen molar-refractivity contribution in [3.05, 3.63) is 60.2 Å². The first-order valence-electron chi connectivity index (χ1n) is 9.67. The van der Waals surface area contributed by atoms with Crippen molar-refractivity contribution in [3.63, 3.8) is 0 Å². The molecule has 2 aromatic carbocycles. The Balaban J connectivity index is 1.52. The lowest BCUT2D eigenvalue weighted by atomic mass is 9.73. The van der Waals surface area contributed by atoms with E-state index >= 15 is 0 Å². The molecule has 2 heterocycles. The van der Waals surface area contributed by atoms with Crippen LogP contribution in [0.1, 0.15) is 31.2 Å². The molecule has 0 spiro atoms. The number of hydrogen-bond acceptors (Lipinski definition) is 4. The number of carbonyl (C=O) groups excluding carboxylic acids is 2. The summed E-state index contributed by atoms with van der Waals surface area (Å²) in [6, 6.07) is 17.5. The fraction of sp³-hybridized carbons (Fsp3) is 0.364. The Morgan fingerprint density at radius 3 is 2.68 bits per heavy atom. The molecule has 2 bridgehead atoms. The van der Waals surface area contributed by atoms with Crippen LogP contribution < -0.4 is 15.8 Å². The van der Waals surface area contributed by atoms with Crippen LogP contribution in [0.25, 0.3) is 0 Å². The Kier molecular flexibility index (Phi) is 4.71. The number of fused-ring (bicyclic) bond motifs is 4. The van der Waals surface area contributed by atoms with Gasteiger partial charge < -0.3 is 20.7 Å². The second-order valence-electron chi connectivity index (χ2n) is 7.64. The zero-order valence-corrected chi connectivity index (χ0v) is 15.9. The van der Waals surface area contributed by atoms with Gasteiger partial charge in [0.1, 0.15) is 11.7 Å². The molecule has 1 saturated heterocycles. The fourth-order valence-electron chi connectivity index (χ4n) is 4.40. The summed E-state index contributed by atoms with van der Waals surface area (Å²) in [6.07, 6.45) is 1.30. The largest absolute Gasteiger partial charge is 0.468 e. The topological polar surface area (TPSA) is 84.7 Å². The number of likely N-dealkylation sites (tertiary alicyclic amines) is 1. The molecular weight excluding hydrogens is 354 g/mol. The quantitative estimate of drug-likeness (QED) is 0.597. The van der Waals surface area contributed by atoms with Gasteiger partial charge in [-0.1, -0.05) is 36.4 Å². The van der Waals surface area contributed by atoms with Gasteiger partial charge in [-0.05, 0) is 37.1 Å². The minimum atomic E-state index is -0.847. The summed E-state index contributed by atoms with van der Waals surface area (Å²) in [4.78, 5) is 27.0. The molecule has 1 fully saturated rings. The number of primary amides is 1. The molecule has 6 heteroatoms. The van der Waals surface area contributed by atoms with E-state index in [1.807, 2.05) is 61.5 Å². The second-order valence-corrected chi connectivity index (χ2v) is 7.64. The normalized spacial score (nSPS) is 25.6. The number of carbonyl (C=O) groups is 2. The first kappa shape index (κ1) is 18.3. The second kappa shape index (κ2) is 7.19. The average molecular weight is 379 g/mol. The highest BCUT2D eigenvalue weighted by molar-refractivity contribution is 6.01. The standard InChI is InChI=1S/C22H25N3O3/c1-22-14-17(16-10-5-6-11-18(16)28-22)19(20(23)26)21(27)25(22)13-7-12-24-15-8-3-2-4-9-15/h2-6,8-11,17,19,24H,7,12-14H2,1H3,(H2,23,26)/t17-,19-,22-/m0/s1. The molecule has 2 aromatic rings. The maximum absolute atomic E-state index is 13.2. The lowest BCUT2D eigenvalue weighted by Gasteiger charge is -2.52. The van der Waals surface area contributed by atoms with Crippen molar-refractivity contribution in [1.82, 2.24) is 4.90 Å². The molecule has 3 N–H and O–H groups in total. The summed E-state index contributed by atoms with van der Waals surface area (Å²) >= 11 is 0. The van der Waals surface area contributed by atoms with Crippen molar-refractivity contribution >= 4 is 17.5 Å². The smallest absolute Gasteiger partial charge is 0.238 e. The number of nitrogens with one attached hydrogen (secondary N) is 1. The van der Waals surface area contributed by atoms with Gasteiger partial charge in [-0.2, -0.15) is 0 Å². The first-order valence-corrected chi connectivity index (χ1v) is 9.67. The first-order chi connectivity index (χ1) is 13.5. The van der Waals surface area contributed by atoms with Gasteiger partial charge in [-0.3, -0.25) is 9.59 Å². The van der Waals surface area contributed by atoms with E-state index in [1.54, 1.807) is 4.90 Å². The maximum atomic E-state index is 13.2. The number of anilines is 1. The van der Waals surface area contributed by atoms with Crippen molar-refractivity contribution in [2.75, 3.05) is 18.4 Å². The summed E-state index contributed by atoms with van der Waals surface area (Å²) in [5.41, 5.74) is 6.81. The molecule has 4 rings (SSSR count). The van der Waals surface area contributed by atoms with Crippen LogP contribution in [-0.2, 0) is 9.59 Å². The van der Waals surface area contributed by atoms with Gasteiger partial charge in [0.05, 0.1) is 0 Å². The van der Waals surface area contributed by atoms with Gasteiger partial charge in [0, 0.05) is 31.1 Å². The van der Waals surface area contributed by atoms with Crippen molar-refractivity contribution in [2.24, 2.45) is 11.7 Å². The molecule has 6 nitrogen and oxygen atoms in total. The van der Waals surface area contributed by atoms with Crippen LogP contribution in [0.15, 0.2) is 54.6 Å². The lowest BCUT2D eigenvalue weighted by molar-refractivity contribution is -0.175. The zero-order valence-electron chi connectivity index (χ0n) is 15.9. The number of ether oxygens (including phenoxy) is 1. The van der Waals surface area contributed by atoms with E-state index in [2.05, 4.69) is 5.32 Å². The summed E-state index contributed by atoms with van der Waals surface area (Å²) < 4.78 is 6.25. The summed E-state index contributed by atoms with van der Waals surface area (Å²) in [5, 5.41) is 3.35. The SMILES string of the molecule is C[C@@]12C[C@@H](c3ccccc3O1)[C@@H](C(N)=O)C(=O)N2CCCNc1ccccc1. The molecule has 0 saturated carbocycles. The van der Waals surface area contributed by atoms with Crippen LogP contribution in [-0.4, -0.2) is 35.5 Å². The van der Waals surface area contributed by atoms with Gasteiger partial charge >= 0.3 is 0 Å². The van der Waals surface area contributed by atoms with Crippen LogP contribution in [0.4, 0.5) is 5.69 Å². The van der Waals surface area contributed by atoms with E-state index < -0.39 is 17.6 Å². The van der Waals surface area contributed by atoms with E-state index in [9.17, 15) is 9.59 Å². The van der Waals surface area contributed by atoms with Gasteiger partial charge in [0.15, 0.2) is 5.72 Å². The Bertz CT molecular complexity index is 886. The molecule has 2 aliphatic heterocycles. The molecule has 0 aromatic heterocycles. The number of nitrogens with two attached hydrogens (primary N) is 1. The molecular formula is C22H25N3O3. The van der Waals surface area contributed by atoms with Gasteiger partial charge in [-0.25, -0.2) is 0 Å². The average Bonchev–Trinajstić information content (AvgIpc) is 2.67. The molecule has 0 unspecified atom stereocenters. The highest BCUT2D eigenvalue weighted by Crippen LogP contribution is 2.49. The Morgan fingerprint density at radius 2 is 1.93 bits per heavy atom. The van der Waals surface area contributed by atoms with Gasteiger partial charge in [0.25, 0.3) is 0 Å². The third-order valence-electron chi connectivity index (χ3n) is 5.72. The summed E-state index contributed by atoms with van der Waals surface area (Å²) in [7, 11) is 0. The van der Waals surface area contributed by atoms with Crippen LogP contribution in [0.3, 0.4) is 0 Å². The number of hydrogen-bond donors (Lipinski definition) is 2. The molecule has 146 valence electrons. The molecule has 3 atom stereocenters. The van der Waals surface area contributed by atoms with Gasteiger partial charge in [0.2, 0.25) is 11.8 Å². The van der Waals surface area contributed by atoms with Crippen LogP contribution in [0.2, 0.25) is 0 Å². The highest BCUT2D eigenvalue weighted by Gasteiger charge is 2.55. The molecule has 2 amide bonds. The number of benzene rings is 2. The number of rotatable bonds is 6. The third kappa shape index (κ3) is 3.19. The van der Waals surface area contributed by atoms with E-state index in [0.29, 0.717) is 19.5 Å². The maximum Gasteiger partial charge on any atom is 0.238 e. The van der Waals surface area contributed by atoms with Crippen LogP contribution in [0, 0.1) is 5.92 Å². The minimum absolute atomic E-state index is 0.236. The Hall–Kier alpha value is -3.02. The third-order valence-corrected chi connectivity index (χ3v) is 5.72.